The van der Waals surface area contributed by atoms with Crippen LogP contribution in [0.15, 0.2) is 6.07 Å². The van der Waals surface area contributed by atoms with Crippen LogP contribution in [0.1, 0.15) is 42.0 Å². The molecule has 0 nitrogen and oxygen atoms in total. The molecular formula is C10H16S. The van der Waals surface area contributed by atoms with Crippen LogP contribution in [0.2, 0.25) is 0 Å². The van der Waals surface area contributed by atoms with E-state index in [-0.39, 0.29) is 0 Å². The summed E-state index contributed by atoms with van der Waals surface area (Å²) in [6, 6.07) is 2.33. The summed E-state index contributed by atoms with van der Waals surface area (Å²) in [5.74, 6) is 0.694. The van der Waals surface area contributed by atoms with Crippen LogP contribution in [0.3, 0.4) is 0 Å². The molecule has 0 amide bonds. The molecule has 0 bridgehead atoms. The number of aryl methyl sites for hydroxylation is 2. The Morgan fingerprint density at radius 3 is 2.36 bits per heavy atom. The summed E-state index contributed by atoms with van der Waals surface area (Å²) in [6.07, 6.45) is 1.18. The van der Waals surface area contributed by atoms with E-state index in [9.17, 15) is 0 Å². The van der Waals surface area contributed by atoms with Gasteiger partial charge in [0, 0.05) is 9.75 Å². The fraction of sp³-hybridized carbons (Fsp3) is 0.600. The minimum Gasteiger partial charge on any atom is -0.145 e. The van der Waals surface area contributed by atoms with Gasteiger partial charge in [0.1, 0.15) is 0 Å². The number of hydrogen-bond acceptors (Lipinski definition) is 1. The van der Waals surface area contributed by atoms with Gasteiger partial charge >= 0.3 is 0 Å². The highest BCUT2D eigenvalue weighted by atomic mass is 32.1. The minimum absolute atomic E-state index is 0.694. The smallest absolute Gasteiger partial charge is 0.00763 e. The number of thiophene rings is 1. The summed E-state index contributed by atoms with van der Waals surface area (Å²) in [6.45, 7) is 8.94. The highest BCUT2D eigenvalue weighted by Gasteiger charge is 2.05. The van der Waals surface area contributed by atoms with E-state index in [4.69, 9.17) is 0 Å². The summed E-state index contributed by atoms with van der Waals surface area (Å²) in [7, 11) is 0. The van der Waals surface area contributed by atoms with Gasteiger partial charge in [0.25, 0.3) is 0 Å². The molecule has 1 rings (SSSR count). The first-order valence-corrected chi connectivity index (χ1v) is 5.06. The Bertz CT molecular complexity index is 233. The van der Waals surface area contributed by atoms with Gasteiger partial charge in [-0.3, -0.25) is 0 Å². The lowest BCUT2D eigenvalue weighted by Gasteiger charge is -1.96. The number of rotatable bonds is 2. The third kappa shape index (κ3) is 1.84. The van der Waals surface area contributed by atoms with E-state index in [2.05, 4.69) is 33.8 Å². The minimum atomic E-state index is 0.694. The van der Waals surface area contributed by atoms with E-state index in [1.807, 2.05) is 11.3 Å². The zero-order valence-corrected chi connectivity index (χ0v) is 8.59. The van der Waals surface area contributed by atoms with Gasteiger partial charge in [0.2, 0.25) is 0 Å². The molecule has 0 aliphatic heterocycles. The van der Waals surface area contributed by atoms with Crippen molar-refractivity contribution < 1.29 is 0 Å². The summed E-state index contributed by atoms with van der Waals surface area (Å²) in [4.78, 5) is 3.08. The predicted octanol–water partition coefficient (Wildman–Crippen LogP) is 3.74. The van der Waals surface area contributed by atoms with E-state index in [1.54, 1.807) is 4.88 Å². The largest absolute Gasteiger partial charge is 0.145 e. The Labute approximate surface area is 73.3 Å². The van der Waals surface area contributed by atoms with Crippen molar-refractivity contribution in [2.24, 2.45) is 0 Å². The molecule has 0 aliphatic rings. The second-order valence-electron chi connectivity index (χ2n) is 3.26. The molecule has 0 saturated heterocycles. The summed E-state index contributed by atoms with van der Waals surface area (Å²) in [5, 5.41) is 0. The normalized spacial score (nSPS) is 11.0. The fourth-order valence-corrected chi connectivity index (χ4v) is 2.30. The van der Waals surface area contributed by atoms with Crippen LogP contribution in [0.5, 0.6) is 0 Å². The van der Waals surface area contributed by atoms with Crippen molar-refractivity contribution in [2.45, 2.75) is 40.0 Å². The van der Waals surface area contributed by atoms with Gasteiger partial charge in [0.15, 0.2) is 0 Å². The Hall–Kier alpha value is -0.300. The van der Waals surface area contributed by atoms with Crippen LogP contribution in [-0.4, -0.2) is 0 Å². The van der Waals surface area contributed by atoms with Crippen molar-refractivity contribution in [3.05, 3.63) is 21.4 Å². The van der Waals surface area contributed by atoms with Crippen molar-refractivity contribution >= 4 is 11.3 Å². The molecule has 0 aliphatic carbocycles. The van der Waals surface area contributed by atoms with Crippen LogP contribution in [0.4, 0.5) is 0 Å². The van der Waals surface area contributed by atoms with Crippen LogP contribution in [0.25, 0.3) is 0 Å². The molecular weight excluding hydrogens is 152 g/mol. The Kier molecular flexibility index (Phi) is 2.72. The Morgan fingerprint density at radius 2 is 2.09 bits per heavy atom. The summed E-state index contributed by atoms with van der Waals surface area (Å²) < 4.78 is 0. The lowest BCUT2D eigenvalue weighted by atomic mass is 10.1. The SMILES string of the molecule is CCc1sc(C(C)C)cc1C. The molecule has 1 aromatic heterocycles. The van der Waals surface area contributed by atoms with E-state index in [1.165, 1.54) is 16.9 Å². The topological polar surface area (TPSA) is 0 Å². The molecule has 0 saturated carbocycles. The van der Waals surface area contributed by atoms with Crippen molar-refractivity contribution in [1.29, 1.82) is 0 Å². The van der Waals surface area contributed by atoms with Crippen LogP contribution < -0.4 is 0 Å². The maximum atomic E-state index is 2.33. The van der Waals surface area contributed by atoms with E-state index in [0.717, 1.165) is 0 Å². The second kappa shape index (κ2) is 3.40. The zero-order chi connectivity index (χ0) is 8.43. The molecule has 1 heterocycles. The Balaban J connectivity index is 2.95. The third-order valence-corrected chi connectivity index (χ3v) is 3.61. The lowest BCUT2D eigenvalue weighted by molar-refractivity contribution is 0.889. The highest BCUT2D eigenvalue weighted by molar-refractivity contribution is 7.12. The molecule has 0 N–H and O–H groups in total. The lowest BCUT2D eigenvalue weighted by Crippen LogP contribution is -1.77. The van der Waals surface area contributed by atoms with E-state index < -0.39 is 0 Å². The maximum Gasteiger partial charge on any atom is 0.00763 e. The van der Waals surface area contributed by atoms with Gasteiger partial charge in [-0.2, -0.15) is 0 Å². The standard InChI is InChI=1S/C10H16S/c1-5-9-8(4)6-10(11-9)7(2)3/h6-7H,5H2,1-4H3. The van der Waals surface area contributed by atoms with Gasteiger partial charge in [-0.25, -0.2) is 0 Å². The average Bonchev–Trinajstić information content (AvgIpc) is 2.31. The van der Waals surface area contributed by atoms with E-state index >= 15 is 0 Å². The second-order valence-corrected chi connectivity index (χ2v) is 4.43. The molecule has 11 heavy (non-hydrogen) atoms. The van der Waals surface area contributed by atoms with Crippen LogP contribution in [0, 0.1) is 6.92 Å². The van der Waals surface area contributed by atoms with Gasteiger partial charge in [-0.15, -0.1) is 11.3 Å². The molecule has 62 valence electrons. The van der Waals surface area contributed by atoms with Gasteiger partial charge in [-0.05, 0) is 30.9 Å². The molecule has 0 aromatic carbocycles. The third-order valence-electron chi connectivity index (χ3n) is 1.93. The van der Waals surface area contributed by atoms with Gasteiger partial charge in [-0.1, -0.05) is 20.8 Å². The van der Waals surface area contributed by atoms with Gasteiger partial charge in [0.05, 0.1) is 0 Å². The first-order valence-electron chi connectivity index (χ1n) is 4.24. The first-order chi connectivity index (χ1) is 5.15. The fourth-order valence-electron chi connectivity index (χ4n) is 1.18. The molecule has 0 unspecified atom stereocenters. The average molecular weight is 168 g/mol. The first kappa shape index (κ1) is 8.79. The van der Waals surface area contributed by atoms with Crippen molar-refractivity contribution in [3.8, 4) is 0 Å². The molecule has 1 heteroatoms. The molecule has 1 aromatic rings. The van der Waals surface area contributed by atoms with Crippen LogP contribution >= 0.6 is 11.3 Å². The quantitative estimate of drug-likeness (QED) is 0.631. The van der Waals surface area contributed by atoms with Crippen molar-refractivity contribution in [1.82, 2.24) is 0 Å². The van der Waals surface area contributed by atoms with Crippen LogP contribution in [-0.2, 0) is 6.42 Å². The van der Waals surface area contributed by atoms with Gasteiger partial charge < -0.3 is 0 Å². The van der Waals surface area contributed by atoms with E-state index in [0.29, 0.717) is 5.92 Å². The molecule has 0 atom stereocenters. The zero-order valence-electron chi connectivity index (χ0n) is 7.77. The molecule has 0 radical (unpaired) electrons. The Morgan fingerprint density at radius 1 is 1.45 bits per heavy atom. The molecule has 0 fully saturated rings. The van der Waals surface area contributed by atoms with Crippen molar-refractivity contribution in [3.63, 3.8) is 0 Å². The van der Waals surface area contributed by atoms with Crippen molar-refractivity contribution in [2.75, 3.05) is 0 Å². The number of hydrogen-bond donors (Lipinski definition) is 0. The summed E-state index contributed by atoms with van der Waals surface area (Å²) >= 11 is 1.97. The summed E-state index contributed by atoms with van der Waals surface area (Å²) in [5.41, 5.74) is 1.47. The highest BCUT2D eigenvalue weighted by Crippen LogP contribution is 2.27. The molecule has 0 spiro atoms. The predicted molar refractivity (Wildman–Crippen MR) is 52.5 cm³/mol. The maximum absolute atomic E-state index is 2.33. The monoisotopic (exact) mass is 168 g/mol.